The normalized spacial score (nSPS) is 10.8. The fourth-order valence-electron chi connectivity index (χ4n) is 1.74. The Morgan fingerprint density at radius 2 is 2.16 bits per heavy atom. The van der Waals surface area contributed by atoms with Crippen molar-refractivity contribution in [1.29, 1.82) is 0 Å². The number of benzene rings is 1. The van der Waals surface area contributed by atoms with Gasteiger partial charge in [0, 0.05) is 29.5 Å². The van der Waals surface area contributed by atoms with E-state index < -0.39 is 0 Å². The van der Waals surface area contributed by atoms with Crippen LogP contribution in [0.5, 0.6) is 5.75 Å². The second-order valence-corrected chi connectivity index (χ2v) is 5.66. The maximum atomic E-state index is 5.29. The van der Waals surface area contributed by atoms with Gasteiger partial charge in [0.1, 0.15) is 5.75 Å². The van der Waals surface area contributed by atoms with Gasteiger partial charge in [-0.25, -0.2) is 4.98 Å². The van der Waals surface area contributed by atoms with Crippen LogP contribution in [0.3, 0.4) is 0 Å². The van der Waals surface area contributed by atoms with Gasteiger partial charge in [0.15, 0.2) is 0 Å². The van der Waals surface area contributed by atoms with Crippen LogP contribution in [0.25, 0.3) is 5.69 Å². The summed E-state index contributed by atoms with van der Waals surface area (Å²) in [6.07, 6.45) is 3.72. The zero-order chi connectivity index (χ0) is 13.8. The first-order chi connectivity index (χ1) is 9.10. The average molecular weight is 324 g/mol. The Labute approximate surface area is 121 Å². The molecule has 1 heterocycles. The summed E-state index contributed by atoms with van der Waals surface area (Å²) in [6, 6.07) is 5.94. The minimum absolute atomic E-state index is 0.571. The van der Waals surface area contributed by atoms with Crippen molar-refractivity contribution in [2.45, 2.75) is 13.8 Å². The van der Waals surface area contributed by atoms with E-state index in [2.05, 4.69) is 40.1 Å². The lowest BCUT2D eigenvalue weighted by Gasteiger charge is -2.12. The molecular formula is C14H18BrN3O. The molecule has 0 spiro atoms. The Kier molecular flexibility index (Phi) is 4.47. The average Bonchev–Trinajstić information content (AvgIpc) is 2.83. The van der Waals surface area contributed by atoms with Gasteiger partial charge in [-0.15, -0.1) is 0 Å². The zero-order valence-corrected chi connectivity index (χ0v) is 12.9. The summed E-state index contributed by atoms with van der Waals surface area (Å²) in [6.45, 7) is 5.23. The van der Waals surface area contributed by atoms with Gasteiger partial charge in [-0.1, -0.05) is 29.8 Å². The van der Waals surface area contributed by atoms with E-state index in [1.54, 1.807) is 13.3 Å². The van der Waals surface area contributed by atoms with E-state index in [4.69, 9.17) is 4.74 Å². The highest BCUT2D eigenvalue weighted by Gasteiger charge is 2.07. The molecule has 19 heavy (non-hydrogen) atoms. The molecule has 0 unspecified atom stereocenters. The summed E-state index contributed by atoms with van der Waals surface area (Å²) in [5.41, 5.74) is 1.01. The van der Waals surface area contributed by atoms with E-state index in [9.17, 15) is 0 Å². The third-order valence-electron chi connectivity index (χ3n) is 2.68. The SMILES string of the molecule is COc1cc(Br)cc(-n2ccnc2NCC(C)C)c1. The van der Waals surface area contributed by atoms with Crippen LogP contribution in [0.15, 0.2) is 35.1 Å². The van der Waals surface area contributed by atoms with Crippen molar-refractivity contribution in [2.75, 3.05) is 19.0 Å². The number of hydrogen-bond donors (Lipinski definition) is 1. The quantitative estimate of drug-likeness (QED) is 0.911. The Morgan fingerprint density at radius 3 is 2.84 bits per heavy atom. The fraction of sp³-hybridized carbons (Fsp3) is 0.357. The van der Waals surface area contributed by atoms with Crippen molar-refractivity contribution in [3.8, 4) is 11.4 Å². The summed E-state index contributed by atoms with van der Waals surface area (Å²) < 4.78 is 8.27. The number of nitrogens with one attached hydrogen (secondary N) is 1. The molecule has 0 aliphatic heterocycles. The van der Waals surface area contributed by atoms with Gasteiger partial charge in [0.2, 0.25) is 5.95 Å². The van der Waals surface area contributed by atoms with Crippen molar-refractivity contribution in [1.82, 2.24) is 9.55 Å². The van der Waals surface area contributed by atoms with Crippen LogP contribution in [-0.4, -0.2) is 23.2 Å². The molecule has 0 aliphatic rings. The molecule has 2 rings (SSSR count). The van der Waals surface area contributed by atoms with Crippen molar-refractivity contribution in [3.63, 3.8) is 0 Å². The summed E-state index contributed by atoms with van der Waals surface area (Å²) in [4.78, 5) is 4.35. The molecule has 0 atom stereocenters. The van der Waals surface area contributed by atoms with Crippen molar-refractivity contribution >= 4 is 21.9 Å². The molecule has 0 radical (unpaired) electrons. The van der Waals surface area contributed by atoms with E-state index in [-0.39, 0.29) is 0 Å². The largest absolute Gasteiger partial charge is 0.497 e. The van der Waals surface area contributed by atoms with Crippen LogP contribution in [0, 0.1) is 5.92 Å². The first-order valence-corrected chi connectivity index (χ1v) is 7.01. The molecule has 1 aromatic heterocycles. The molecule has 1 N–H and O–H groups in total. The lowest BCUT2D eigenvalue weighted by atomic mass is 10.2. The minimum Gasteiger partial charge on any atom is -0.497 e. The molecule has 0 aliphatic carbocycles. The molecule has 5 heteroatoms. The maximum absolute atomic E-state index is 5.29. The second-order valence-electron chi connectivity index (χ2n) is 4.74. The van der Waals surface area contributed by atoms with Gasteiger partial charge in [0.05, 0.1) is 12.8 Å². The predicted molar refractivity (Wildman–Crippen MR) is 81.1 cm³/mol. The molecular weight excluding hydrogens is 306 g/mol. The number of methoxy groups -OCH3 is 1. The smallest absolute Gasteiger partial charge is 0.207 e. The molecule has 4 nitrogen and oxygen atoms in total. The maximum Gasteiger partial charge on any atom is 0.207 e. The Balaban J connectivity index is 2.31. The van der Waals surface area contributed by atoms with Crippen molar-refractivity contribution < 1.29 is 4.74 Å². The third kappa shape index (κ3) is 3.50. The number of ether oxygens (including phenoxy) is 1. The number of halogens is 1. The highest BCUT2D eigenvalue weighted by Crippen LogP contribution is 2.25. The van der Waals surface area contributed by atoms with Gasteiger partial charge in [-0.2, -0.15) is 0 Å². The van der Waals surface area contributed by atoms with Crippen LogP contribution < -0.4 is 10.1 Å². The molecule has 102 valence electrons. The van der Waals surface area contributed by atoms with Crippen LogP contribution in [0.2, 0.25) is 0 Å². The lowest BCUT2D eigenvalue weighted by molar-refractivity contribution is 0.414. The summed E-state index contributed by atoms with van der Waals surface area (Å²) >= 11 is 3.49. The standard InChI is InChI=1S/C14H18BrN3O/c1-10(2)9-17-14-16-4-5-18(14)12-6-11(15)7-13(8-12)19-3/h4-8,10H,9H2,1-3H3,(H,16,17). The molecule has 0 saturated heterocycles. The summed E-state index contributed by atoms with van der Waals surface area (Å²) in [5, 5.41) is 3.34. The fourth-order valence-corrected chi connectivity index (χ4v) is 2.20. The van der Waals surface area contributed by atoms with Gasteiger partial charge < -0.3 is 10.1 Å². The van der Waals surface area contributed by atoms with E-state index in [1.165, 1.54) is 0 Å². The third-order valence-corrected chi connectivity index (χ3v) is 3.14. The Bertz CT molecular complexity index is 551. The molecule has 0 fully saturated rings. The first-order valence-electron chi connectivity index (χ1n) is 6.22. The second kappa shape index (κ2) is 6.10. The molecule has 0 bridgehead atoms. The van der Waals surface area contributed by atoms with Gasteiger partial charge >= 0.3 is 0 Å². The molecule has 2 aromatic rings. The highest BCUT2D eigenvalue weighted by molar-refractivity contribution is 9.10. The van der Waals surface area contributed by atoms with Crippen LogP contribution in [-0.2, 0) is 0 Å². The van der Waals surface area contributed by atoms with Gasteiger partial charge in [-0.05, 0) is 18.1 Å². The van der Waals surface area contributed by atoms with Crippen molar-refractivity contribution in [2.24, 2.45) is 5.92 Å². The number of aromatic nitrogens is 2. The summed E-state index contributed by atoms with van der Waals surface area (Å²) in [7, 11) is 1.66. The van der Waals surface area contributed by atoms with E-state index in [0.717, 1.165) is 28.4 Å². The topological polar surface area (TPSA) is 39.1 Å². The van der Waals surface area contributed by atoms with E-state index in [1.807, 2.05) is 29.0 Å². The monoisotopic (exact) mass is 323 g/mol. The van der Waals surface area contributed by atoms with E-state index >= 15 is 0 Å². The van der Waals surface area contributed by atoms with Crippen LogP contribution in [0.1, 0.15) is 13.8 Å². The highest BCUT2D eigenvalue weighted by atomic mass is 79.9. The first kappa shape index (κ1) is 13.9. The van der Waals surface area contributed by atoms with Crippen LogP contribution in [0.4, 0.5) is 5.95 Å². The molecule has 0 saturated carbocycles. The zero-order valence-electron chi connectivity index (χ0n) is 11.4. The number of nitrogens with zero attached hydrogens (tertiary/aromatic N) is 2. The lowest BCUT2D eigenvalue weighted by Crippen LogP contribution is -2.12. The van der Waals surface area contributed by atoms with Gasteiger partial charge in [-0.3, -0.25) is 4.57 Å². The minimum atomic E-state index is 0.571. The molecule has 0 amide bonds. The number of anilines is 1. The van der Waals surface area contributed by atoms with E-state index in [0.29, 0.717) is 5.92 Å². The number of imidazole rings is 1. The van der Waals surface area contributed by atoms with Gasteiger partial charge in [0.25, 0.3) is 0 Å². The Hall–Kier alpha value is -1.49. The Morgan fingerprint density at radius 1 is 1.37 bits per heavy atom. The number of rotatable bonds is 5. The number of hydrogen-bond acceptors (Lipinski definition) is 3. The summed E-state index contributed by atoms with van der Waals surface area (Å²) in [5.74, 6) is 2.23. The predicted octanol–water partition coefficient (Wildman–Crippen LogP) is 3.71. The van der Waals surface area contributed by atoms with Crippen LogP contribution >= 0.6 is 15.9 Å². The van der Waals surface area contributed by atoms with Crippen molar-refractivity contribution in [3.05, 3.63) is 35.1 Å². The molecule has 1 aromatic carbocycles.